The van der Waals surface area contributed by atoms with Gasteiger partial charge < -0.3 is 0 Å². The Balaban J connectivity index is 2.58. The number of nitrogens with zero attached hydrogens (tertiary/aromatic N) is 2. The Morgan fingerprint density at radius 2 is 2.29 bits per heavy atom. The fraction of sp³-hybridized carbons (Fsp3) is 0. The number of benzene rings is 1. The average Bonchev–Trinajstić information content (AvgIpc) is 2.48. The number of hydrogen-bond acceptors (Lipinski definition) is 6. The molecule has 1 aliphatic heterocycles. The first-order valence-corrected chi connectivity index (χ1v) is 3.96. The van der Waals surface area contributed by atoms with Crippen LogP contribution in [0.2, 0.25) is 5.02 Å². The highest BCUT2D eigenvalue weighted by Gasteiger charge is 2.23. The Morgan fingerprint density at radius 3 is 2.93 bits per heavy atom. The van der Waals surface area contributed by atoms with Crippen LogP contribution in [0.5, 0.6) is 0 Å². The van der Waals surface area contributed by atoms with Gasteiger partial charge >= 0.3 is 0 Å². The molecule has 0 aliphatic carbocycles. The van der Waals surface area contributed by atoms with Gasteiger partial charge in [-0.3, -0.25) is 20.7 Å². The van der Waals surface area contributed by atoms with E-state index in [9.17, 15) is 15.3 Å². The molecule has 0 atom stereocenters. The Bertz CT molecular complexity index is 410. The van der Waals surface area contributed by atoms with E-state index in [1.165, 1.54) is 12.1 Å². The summed E-state index contributed by atoms with van der Waals surface area (Å²) in [6, 6.07) is 2.41. The number of nitro groups is 1. The van der Waals surface area contributed by atoms with E-state index >= 15 is 0 Å². The van der Waals surface area contributed by atoms with E-state index in [2.05, 4.69) is 11.0 Å². The molecule has 8 heteroatoms. The summed E-state index contributed by atoms with van der Waals surface area (Å²) in [5.41, 5.74) is 5.31. The number of anilines is 2. The Kier molecular flexibility index (Phi) is 1.92. The zero-order valence-corrected chi connectivity index (χ0v) is 7.45. The Morgan fingerprint density at radius 1 is 1.57 bits per heavy atom. The molecule has 1 aliphatic rings. The van der Waals surface area contributed by atoms with Gasteiger partial charge in [0.25, 0.3) is 5.69 Å². The van der Waals surface area contributed by atoms with Gasteiger partial charge in [0, 0.05) is 12.1 Å². The molecule has 0 bridgehead atoms. The van der Waals surface area contributed by atoms with Gasteiger partial charge in [0.2, 0.25) is 0 Å². The summed E-state index contributed by atoms with van der Waals surface area (Å²) >= 11 is 5.74. The molecule has 0 spiro atoms. The molecule has 1 aromatic carbocycles. The van der Waals surface area contributed by atoms with Crippen LogP contribution in [0, 0.1) is 10.1 Å². The highest BCUT2D eigenvalue weighted by Crippen LogP contribution is 2.38. The van der Waals surface area contributed by atoms with Crippen molar-refractivity contribution in [2.24, 2.45) is 0 Å². The van der Waals surface area contributed by atoms with Crippen LogP contribution >= 0.6 is 11.6 Å². The first kappa shape index (κ1) is 9.00. The van der Waals surface area contributed by atoms with Gasteiger partial charge in [0.1, 0.15) is 5.69 Å². The quantitative estimate of drug-likeness (QED) is 0.484. The molecule has 0 radical (unpaired) electrons. The molecule has 0 fully saturated rings. The van der Waals surface area contributed by atoms with Crippen molar-refractivity contribution in [3.63, 3.8) is 0 Å². The van der Waals surface area contributed by atoms with Crippen LogP contribution in [0.3, 0.4) is 0 Å². The van der Waals surface area contributed by atoms with Gasteiger partial charge in [0.05, 0.1) is 15.6 Å². The van der Waals surface area contributed by atoms with Gasteiger partial charge in [0.15, 0.2) is 0 Å². The summed E-state index contributed by atoms with van der Waals surface area (Å²) in [6.45, 7) is 0. The Labute approximate surface area is 82.9 Å². The molecule has 0 aromatic heterocycles. The number of non-ortho nitro benzene ring substituents is 1. The maximum Gasteiger partial charge on any atom is 0.273 e. The second-order valence-electron chi connectivity index (χ2n) is 2.63. The lowest BCUT2D eigenvalue weighted by atomic mass is 10.2. The van der Waals surface area contributed by atoms with Crippen LogP contribution < -0.4 is 16.1 Å². The van der Waals surface area contributed by atoms with Crippen molar-refractivity contribution in [3.8, 4) is 0 Å². The standard InChI is InChI=1S/C6H5ClN4O3/c7-4-1-3(11(13)14)2-5-6(4)8-9-10(5)12/h1-2,8-9,12H. The molecular formula is C6H5ClN4O3. The molecule has 14 heavy (non-hydrogen) atoms. The summed E-state index contributed by atoms with van der Waals surface area (Å²) in [7, 11) is 0. The van der Waals surface area contributed by atoms with Crippen molar-refractivity contribution in [2.45, 2.75) is 0 Å². The van der Waals surface area contributed by atoms with E-state index in [0.717, 1.165) is 0 Å². The van der Waals surface area contributed by atoms with E-state index in [-0.39, 0.29) is 16.4 Å². The third kappa shape index (κ3) is 1.23. The summed E-state index contributed by atoms with van der Waals surface area (Å²) in [4.78, 5) is 9.88. The van der Waals surface area contributed by atoms with Crippen LogP contribution in [0.1, 0.15) is 0 Å². The summed E-state index contributed by atoms with van der Waals surface area (Å²) in [6.07, 6.45) is 0. The fourth-order valence-corrected chi connectivity index (χ4v) is 1.40. The van der Waals surface area contributed by atoms with E-state index in [4.69, 9.17) is 11.6 Å². The molecular weight excluding hydrogens is 212 g/mol. The normalized spacial score (nSPS) is 13.7. The number of nitro benzene ring substituents is 1. The number of halogens is 1. The first-order valence-electron chi connectivity index (χ1n) is 3.58. The molecule has 7 nitrogen and oxygen atoms in total. The van der Waals surface area contributed by atoms with E-state index in [1.807, 2.05) is 0 Å². The number of rotatable bonds is 1. The molecule has 0 saturated carbocycles. The molecule has 0 saturated heterocycles. The van der Waals surface area contributed by atoms with Gasteiger partial charge in [-0.1, -0.05) is 11.6 Å². The van der Waals surface area contributed by atoms with Crippen LogP contribution in [0.15, 0.2) is 12.1 Å². The van der Waals surface area contributed by atoms with E-state index in [0.29, 0.717) is 10.9 Å². The SMILES string of the molecule is O=[N+]([O-])c1cc(Cl)c2c(c1)N(O)NN2. The molecule has 1 heterocycles. The number of hydrogen-bond donors (Lipinski definition) is 3. The minimum Gasteiger partial charge on any atom is -0.298 e. The lowest BCUT2D eigenvalue weighted by Crippen LogP contribution is -2.32. The zero-order chi connectivity index (χ0) is 10.3. The second-order valence-corrected chi connectivity index (χ2v) is 3.03. The Hall–Kier alpha value is -1.57. The van der Waals surface area contributed by atoms with Crippen molar-refractivity contribution in [1.82, 2.24) is 5.53 Å². The van der Waals surface area contributed by atoms with Gasteiger partial charge in [-0.2, -0.15) is 5.17 Å². The number of hydrazine groups is 2. The van der Waals surface area contributed by atoms with Gasteiger partial charge in [-0.05, 0) is 0 Å². The van der Waals surface area contributed by atoms with Crippen LogP contribution in [-0.2, 0) is 0 Å². The second kappa shape index (κ2) is 2.98. The summed E-state index contributed by atoms with van der Waals surface area (Å²) in [5.74, 6) is 0. The van der Waals surface area contributed by atoms with Crippen molar-refractivity contribution in [1.29, 1.82) is 0 Å². The lowest BCUT2D eigenvalue weighted by Gasteiger charge is -2.06. The third-order valence-corrected chi connectivity index (χ3v) is 2.08. The monoisotopic (exact) mass is 216 g/mol. The summed E-state index contributed by atoms with van der Waals surface area (Å²) < 4.78 is 0. The molecule has 0 unspecified atom stereocenters. The largest absolute Gasteiger partial charge is 0.298 e. The molecule has 2 rings (SSSR count). The summed E-state index contributed by atoms with van der Waals surface area (Å²) in [5, 5.41) is 20.4. The van der Waals surface area contributed by atoms with Crippen molar-refractivity contribution in [2.75, 3.05) is 10.6 Å². The maximum absolute atomic E-state index is 10.5. The van der Waals surface area contributed by atoms with Crippen LogP contribution in [0.25, 0.3) is 0 Å². The van der Waals surface area contributed by atoms with Crippen molar-refractivity contribution < 1.29 is 10.1 Å². The predicted octanol–water partition coefficient (Wildman–Crippen LogP) is 1.29. The van der Waals surface area contributed by atoms with Crippen molar-refractivity contribution >= 4 is 28.7 Å². The first-order chi connectivity index (χ1) is 6.59. The minimum absolute atomic E-state index is 0.165. The van der Waals surface area contributed by atoms with Gasteiger partial charge in [-0.15, -0.1) is 5.53 Å². The topological polar surface area (TPSA) is 90.7 Å². The lowest BCUT2D eigenvalue weighted by molar-refractivity contribution is -0.384. The third-order valence-electron chi connectivity index (χ3n) is 1.78. The molecule has 74 valence electrons. The highest BCUT2D eigenvalue weighted by molar-refractivity contribution is 6.34. The zero-order valence-electron chi connectivity index (χ0n) is 6.69. The minimum atomic E-state index is -0.585. The fourth-order valence-electron chi connectivity index (χ4n) is 1.14. The van der Waals surface area contributed by atoms with E-state index < -0.39 is 4.92 Å². The maximum atomic E-state index is 10.5. The molecule has 1 aromatic rings. The molecule has 0 amide bonds. The smallest absolute Gasteiger partial charge is 0.273 e. The van der Waals surface area contributed by atoms with Gasteiger partial charge in [-0.25, -0.2) is 0 Å². The van der Waals surface area contributed by atoms with Crippen LogP contribution in [0.4, 0.5) is 17.1 Å². The van der Waals surface area contributed by atoms with Crippen LogP contribution in [-0.4, -0.2) is 10.1 Å². The number of nitrogens with one attached hydrogen (secondary N) is 2. The average molecular weight is 217 g/mol. The van der Waals surface area contributed by atoms with E-state index in [1.54, 1.807) is 0 Å². The molecule has 3 N–H and O–H groups in total. The number of fused-ring (bicyclic) bond motifs is 1. The highest BCUT2D eigenvalue weighted by atomic mass is 35.5. The predicted molar refractivity (Wildman–Crippen MR) is 49.1 cm³/mol. The van der Waals surface area contributed by atoms with Crippen molar-refractivity contribution in [3.05, 3.63) is 27.3 Å².